The standard InChI is InChI=1S/C18H17N3O4/c22-16(10-13-4-2-1-3-5-13)19-12-17(23)21-20-11-14-6-8-15(9-7-14)18(24)25/h1-9,11H,10,12H2,(H,19,22)(H,21,23)(H,24,25)/p-1/b20-11-. The average molecular weight is 338 g/mol. The van der Waals surface area contributed by atoms with Crippen molar-refractivity contribution in [2.75, 3.05) is 6.54 Å². The summed E-state index contributed by atoms with van der Waals surface area (Å²) in [6, 6.07) is 15.0. The van der Waals surface area contributed by atoms with E-state index in [0.29, 0.717) is 5.56 Å². The van der Waals surface area contributed by atoms with Crippen molar-refractivity contribution in [2.24, 2.45) is 5.10 Å². The minimum Gasteiger partial charge on any atom is -0.545 e. The number of amides is 2. The molecule has 0 aliphatic carbocycles. The molecule has 0 spiro atoms. The molecular formula is C18H16N3O4-. The van der Waals surface area contributed by atoms with Crippen molar-refractivity contribution in [1.82, 2.24) is 10.7 Å². The number of hydrazone groups is 1. The van der Waals surface area contributed by atoms with E-state index in [2.05, 4.69) is 15.8 Å². The molecule has 0 radical (unpaired) electrons. The summed E-state index contributed by atoms with van der Waals surface area (Å²) in [6.07, 6.45) is 1.56. The number of carboxylic acid groups (broad SMARTS) is 1. The summed E-state index contributed by atoms with van der Waals surface area (Å²) >= 11 is 0. The fourth-order valence-corrected chi connectivity index (χ4v) is 1.95. The van der Waals surface area contributed by atoms with Gasteiger partial charge in [0.05, 0.1) is 25.1 Å². The van der Waals surface area contributed by atoms with Crippen molar-refractivity contribution in [1.29, 1.82) is 0 Å². The highest BCUT2D eigenvalue weighted by molar-refractivity contribution is 5.89. The topological polar surface area (TPSA) is 111 Å². The van der Waals surface area contributed by atoms with Gasteiger partial charge in [0, 0.05) is 0 Å². The van der Waals surface area contributed by atoms with Crippen LogP contribution in [-0.4, -0.2) is 30.5 Å². The number of nitrogens with zero attached hydrogens (tertiary/aromatic N) is 1. The lowest BCUT2D eigenvalue weighted by molar-refractivity contribution is -0.255. The van der Waals surface area contributed by atoms with Gasteiger partial charge in [-0.2, -0.15) is 5.10 Å². The van der Waals surface area contributed by atoms with Gasteiger partial charge in [-0.3, -0.25) is 9.59 Å². The van der Waals surface area contributed by atoms with Crippen molar-refractivity contribution < 1.29 is 19.5 Å². The van der Waals surface area contributed by atoms with Crippen LogP contribution in [0.2, 0.25) is 0 Å². The van der Waals surface area contributed by atoms with Gasteiger partial charge in [-0.05, 0) is 16.7 Å². The van der Waals surface area contributed by atoms with E-state index in [-0.39, 0.29) is 24.4 Å². The molecule has 25 heavy (non-hydrogen) atoms. The lowest BCUT2D eigenvalue weighted by atomic mass is 10.1. The molecule has 0 saturated heterocycles. The Morgan fingerprint density at radius 2 is 1.64 bits per heavy atom. The second-order valence-corrected chi connectivity index (χ2v) is 5.14. The third kappa shape index (κ3) is 6.26. The normalized spacial score (nSPS) is 10.4. The Balaban J connectivity index is 1.73. The van der Waals surface area contributed by atoms with Crippen LogP contribution in [0.1, 0.15) is 21.5 Å². The number of hydrogen-bond acceptors (Lipinski definition) is 5. The van der Waals surface area contributed by atoms with Gasteiger partial charge in [0.1, 0.15) is 0 Å². The van der Waals surface area contributed by atoms with E-state index in [1.54, 1.807) is 0 Å². The van der Waals surface area contributed by atoms with Crippen molar-refractivity contribution in [2.45, 2.75) is 6.42 Å². The first kappa shape index (κ1) is 17.9. The molecule has 2 aromatic carbocycles. The van der Waals surface area contributed by atoms with Crippen LogP contribution >= 0.6 is 0 Å². The van der Waals surface area contributed by atoms with Gasteiger partial charge >= 0.3 is 0 Å². The summed E-state index contributed by atoms with van der Waals surface area (Å²) in [5.74, 6) is -1.99. The van der Waals surface area contributed by atoms with Gasteiger partial charge in [-0.25, -0.2) is 5.43 Å². The van der Waals surface area contributed by atoms with E-state index < -0.39 is 11.9 Å². The number of carboxylic acids is 1. The highest BCUT2D eigenvalue weighted by Crippen LogP contribution is 2.01. The molecule has 0 saturated carbocycles. The van der Waals surface area contributed by atoms with Crippen LogP contribution < -0.4 is 15.8 Å². The Bertz CT molecular complexity index is 771. The first-order valence-corrected chi connectivity index (χ1v) is 7.48. The largest absolute Gasteiger partial charge is 0.545 e. The van der Waals surface area contributed by atoms with E-state index in [4.69, 9.17) is 0 Å². The molecule has 0 aliphatic rings. The molecule has 0 fully saturated rings. The fraction of sp³-hybridized carbons (Fsp3) is 0.111. The van der Waals surface area contributed by atoms with Crippen LogP contribution in [-0.2, 0) is 16.0 Å². The third-order valence-corrected chi connectivity index (χ3v) is 3.20. The number of carbonyl (C=O) groups excluding carboxylic acids is 3. The molecule has 7 heteroatoms. The highest BCUT2D eigenvalue weighted by atomic mass is 16.4. The quantitative estimate of drug-likeness (QED) is 0.541. The highest BCUT2D eigenvalue weighted by Gasteiger charge is 2.05. The zero-order valence-electron chi connectivity index (χ0n) is 13.3. The SMILES string of the molecule is O=C(Cc1ccccc1)NCC(=O)N/N=C\c1ccc(C(=O)[O-])cc1. The second kappa shape index (κ2) is 8.97. The number of hydrogen-bond donors (Lipinski definition) is 2. The molecule has 128 valence electrons. The monoisotopic (exact) mass is 338 g/mol. The number of carbonyl (C=O) groups is 3. The molecule has 7 nitrogen and oxygen atoms in total. The van der Waals surface area contributed by atoms with Crippen LogP contribution in [0.15, 0.2) is 59.7 Å². The van der Waals surface area contributed by atoms with Gasteiger partial charge in [0.25, 0.3) is 5.91 Å². The molecule has 0 unspecified atom stereocenters. The van der Waals surface area contributed by atoms with E-state index in [1.807, 2.05) is 30.3 Å². The molecule has 2 N–H and O–H groups in total. The van der Waals surface area contributed by atoms with Gasteiger partial charge in [-0.15, -0.1) is 0 Å². The summed E-state index contributed by atoms with van der Waals surface area (Å²) in [6.45, 7) is -0.188. The Labute approximate surface area is 144 Å². The minimum absolute atomic E-state index is 0.0577. The predicted octanol–water partition coefficient (Wildman–Crippen LogP) is -0.141. The van der Waals surface area contributed by atoms with E-state index >= 15 is 0 Å². The maximum atomic E-state index is 11.7. The minimum atomic E-state index is -1.26. The van der Waals surface area contributed by atoms with E-state index in [0.717, 1.165) is 5.56 Å². The average Bonchev–Trinajstić information content (AvgIpc) is 2.61. The van der Waals surface area contributed by atoms with E-state index in [1.165, 1.54) is 30.5 Å². The number of aromatic carboxylic acids is 1. The summed E-state index contributed by atoms with van der Waals surface area (Å²) < 4.78 is 0. The molecule has 2 aromatic rings. The maximum absolute atomic E-state index is 11.7. The van der Waals surface area contributed by atoms with Crippen LogP contribution in [0.4, 0.5) is 0 Å². The predicted molar refractivity (Wildman–Crippen MR) is 89.7 cm³/mol. The molecule has 0 aromatic heterocycles. The van der Waals surface area contributed by atoms with Crippen molar-refractivity contribution in [3.05, 3.63) is 71.3 Å². The molecule has 0 atom stereocenters. The van der Waals surface area contributed by atoms with Gasteiger partial charge in [0.15, 0.2) is 0 Å². The molecular weight excluding hydrogens is 322 g/mol. The lowest BCUT2D eigenvalue weighted by Gasteiger charge is -2.04. The molecule has 0 heterocycles. The second-order valence-electron chi connectivity index (χ2n) is 5.14. The first-order valence-electron chi connectivity index (χ1n) is 7.48. The Hall–Kier alpha value is -3.48. The number of benzene rings is 2. The fourth-order valence-electron chi connectivity index (χ4n) is 1.95. The summed E-state index contributed by atoms with van der Waals surface area (Å²) in [4.78, 5) is 33.9. The van der Waals surface area contributed by atoms with Gasteiger partial charge in [0.2, 0.25) is 5.91 Å². The summed E-state index contributed by atoms with van der Waals surface area (Å²) in [5, 5.41) is 16.9. The van der Waals surface area contributed by atoms with Crippen LogP contribution in [0.3, 0.4) is 0 Å². The zero-order valence-corrected chi connectivity index (χ0v) is 13.3. The van der Waals surface area contributed by atoms with Gasteiger partial charge < -0.3 is 15.2 Å². The van der Waals surface area contributed by atoms with Crippen molar-refractivity contribution in [3.63, 3.8) is 0 Å². The third-order valence-electron chi connectivity index (χ3n) is 3.20. The molecule has 2 rings (SSSR count). The van der Waals surface area contributed by atoms with E-state index in [9.17, 15) is 19.5 Å². The van der Waals surface area contributed by atoms with Crippen molar-refractivity contribution >= 4 is 24.0 Å². The lowest BCUT2D eigenvalue weighted by Crippen LogP contribution is -2.35. The van der Waals surface area contributed by atoms with Gasteiger partial charge in [-0.1, -0.05) is 54.6 Å². The molecule has 0 aliphatic heterocycles. The van der Waals surface area contributed by atoms with Crippen LogP contribution in [0, 0.1) is 0 Å². The Morgan fingerprint density at radius 1 is 0.960 bits per heavy atom. The first-order chi connectivity index (χ1) is 12.0. The smallest absolute Gasteiger partial charge is 0.259 e. The number of rotatable bonds is 7. The summed E-state index contributed by atoms with van der Waals surface area (Å²) in [7, 11) is 0. The van der Waals surface area contributed by atoms with Crippen LogP contribution in [0.25, 0.3) is 0 Å². The Morgan fingerprint density at radius 3 is 2.28 bits per heavy atom. The van der Waals surface area contributed by atoms with Crippen molar-refractivity contribution in [3.8, 4) is 0 Å². The van der Waals surface area contributed by atoms with Crippen LogP contribution in [0.5, 0.6) is 0 Å². The molecule has 0 bridgehead atoms. The summed E-state index contributed by atoms with van der Waals surface area (Å²) in [5.41, 5.74) is 3.80. The zero-order chi connectivity index (χ0) is 18.1. The Kier molecular flexibility index (Phi) is 6.41. The maximum Gasteiger partial charge on any atom is 0.259 e. The number of nitrogens with one attached hydrogen (secondary N) is 2. The molecule has 2 amide bonds.